The lowest BCUT2D eigenvalue weighted by Gasteiger charge is -2.02. The number of hydrogen-bond donors (Lipinski definition) is 0. The molecule has 0 amide bonds. The highest BCUT2D eigenvalue weighted by molar-refractivity contribution is 9.10. The zero-order valence-corrected chi connectivity index (χ0v) is 9.18. The van der Waals surface area contributed by atoms with E-state index in [1.165, 1.54) is 0 Å². The highest BCUT2D eigenvalue weighted by atomic mass is 79.9. The van der Waals surface area contributed by atoms with Crippen molar-refractivity contribution in [3.8, 4) is 0 Å². The minimum atomic E-state index is 0.606. The Balaban J connectivity index is 3.03. The van der Waals surface area contributed by atoms with Gasteiger partial charge < -0.3 is 4.74 Å². The van der Waals surface area contributed by atoms with Crippen molar-refractivity contribution in [2.75, 3.05) is 7.11 Å². The van der Waals surface area contributed by atoms with Gasteiger partial charge in [-0.05, 0) is 29.8 Å². The zero-order valence-electron chi connectivity index (χ0n) is 7.59. The quantitative estimate of drug-likeness (QED) is 0.799. The molecule has 0 atom stereocenters. The summed E-state index contributed by atoms with van der Waals surface area (Å²) in [5.41, 5.74) is 2.13. The molecule has 0 aliphatic carbocycles. The largest absolute Gasteiger partial charge is 0.378 e. The number of aromatic nitrogens is 2. The summed E-state index contributed by atoms with van der Waals surface area (Å²) in [4.78, 5) is 0. The van der Waals surface area contributed by atoms with E-state index in [9.17, 15) is 0 Å². The van der Waals surface area contributed by atoms with Crippen LogP contribution in [0.2, 0.25) is 0 Å². The van der Waals surface area contributed by atoms with E-state index < -0.39 is 0 Å². The summed E-state index contributed by atoms with van der Waals surface area (Å²) in [5, 5.41) is 4.34. The van der Waals surface area contributed by atoms with E-state index in [1.54, 1.807) is 7.11 Å². The van der Waals surface area contributed by atoms with Gasteiger partial charge in [-0.2, -0.15) is 5.10 Å². The van der Waals surface area contributed by atoms with Gasteiger partial charge in [0, 0.05) is 13.7 Å². The van der Waals surface area contributed by atoms with Crippen molar-refractivity contribution in [3.05, 3.63) is 15.9 Å². The Morgan fingerprint density at radius 3 is 2.75 bits per heavy atom. The molecule has 1 rings (SSSR count). The van der Waals surface area contributed by atoms with Gasteiger partial charge >= 0.3 is 0 Å². The third-order valence-corrected chi connectivity index (χ3v) is 2.77. The molecule has 1 aromatic heterocycles. The van der Waals surface area contributed by atoms with Crippen molar-refractivity contribution >= 4 is 15.9 Å². The fourth-order valence-corrected chi connectivity index (χ4v) is 1.54. The van der Waals surface area contributed by atoms with Crippen LogP contribution in [0.4, 0.5) is 0 Å². The fraction of sp³-hybridized carbons (Fsp3) is 0.625. The standard InChI is InChI=1S/C8H13BrN2O/c1-4-11-7(5-12-3)8(9)6(2)10-11/h4-5H2,1-3H3. The van der Waals surface area contributed by atoms with Gasteiger partial charge in [0.05, 0.1) is 22.5 Å². The number of methoxy groups -OCH3 is 1. The lowest BCUT2D eigenvalue weighted by atomic mass is 10.4. The third-order valence-electron chi connectivity index (χ3n) is 1.73. The van der Waals surface area contributed by atoms with Crippen LogP contribution < -0.4 is 0 Å². The Bertz CT molecular complexity index is 270. The molecule has 0 saturated heterocycles. The van der Waals surface area contributed by atoms with Crippen LogP contribution in [0.25, 0.3) is 0 Å². The Morgan fingerprint density at radius 1 is 1.58 bits per heavy atom. The number of aryl methyl sites for hydroxylation is 2. The lowest BCUT2D eigenvalue weighted by Crippen LogP contribution is -2.03. The van der Waals surface area contributed by atoms with E-state index in [-0.39, 0.29) is 0 Å². The number of hydrogen-bond acceptors (Lipinski definition) is 2. The van der Waals surface area contributed by atoms with Crippen molar-refractivity contribution < 1.29 is 4.74 Å². The van der Waals surface area contributed by atoms with E-state index in [0.717, 1.165) is 22.4 Å². The molecule has 0 unspecified atom stereocenters. The molecule has 4 heteroatoms. The predicted octanol–water partition coefficient (Wildman–Crippen LogP) is 2.12. The first-order valence-corrected chi connectivity index (χ1v) is 4.70. The minimum absolute atomic E-state index is 0.606. The molecular weight excluding hydrogens is 220 g/mol. The fourth-order valence-electron chi connectivity index (χ4n) is 1.14. The van der Waals surface area contributed by atoms with Crippen molar-refractivity contribution in [1.82, 2.24) is 9.78 Å². The lowest BCUT2D eigenvalue weighted by molar-refractivity contribution is 0.176. The van der Waals surface area contributed by atoms with Crippen molar-refractivity contribution in [2.45, 2.75) is 27.0 Å². The van der Waals surface area contributed by atoms with Gasteiger partial charge in [-0.25, -0.2) is 0 Å². The minimum Gasteiger partial charge on any atom is -0.378 e. The van der Waals surface area contributed by atoms with Gasteiger partial charge in [-0.15, -0.1) is 0 Å². The van der Waals surface area contributed by atoms with E-state index in [1.807, 2.05) is 11.6 Å². The van der Waals surface area contributed by atoms with E-state index in [2.05, 4.69) is 28.0 Å². The number of nitrogens with zero attached hydrogens (tertiary/aromatic N) is 2. The predicted molar refractivity (Wildman–Crippen MR) is 51.1 cm³/mol. The van der Waals surface area contributed by atoms with Gasteiger partial charge in [0.1, 0.15) is 0 Å². The Labute approximate surface area is 80.8 Å². The van der Waals surface area contributed by atoms with Crippen LogP contribution in [0.1, 0.15) is 18.3 Å². The monoisotopic (exact) mass is 232 g/mol. The maximum Gasteiger partial charge on any atom is 0.0892 e. The molecule has 0 radical (unpaired) electrons. The molecule has 1 aromatic rings. The van der Waals surface area contributed by atoms with Crippen LogP contribution >= 0.6 is 15.9 Å². The summed E-state index contributed by atoms with van der Waals surface area (Å²) in [6.07, 6.45) is 0. The zero-order chi connectivity index (χ0) is 9.14. The second-order valence-electron chi connectivity index (χ2n) is 2.59. The molecule has 0 aliphatic rings. The maximum absolute atomic E-state index is 5.07. The topological polar surface area (TPSA) is 27.1 Å². The Kier molecular flexibility index (Phi) is 3.29. The molecule has 0 spiro atoms. The summed E-state index contributed by atoms with van der Waals surface area (Å²) in [6, 6.07) is 0. The van der Waals surface area contributed by atoms with Gasteiger partial charge in [-0.1, -0.05) is 0 Å². The average Bonchev–Trinajstić information content (AvgIpc) is 2.33. The van der Waals surface area contributed by atoms with E-state index in [0.29, 0.717) is 6.61 Å². The van der Waals surface area contributed by atoms with Gasteiger partial charge in [0.2, 0.25) is 0 Å². The Hall–Kier alpha value is -0.350. The van der Waals surface area contributed by atoms with Crippen molar-refractivity contribution in [1.29, 1.82) is 0 Å². The smallest absolute Gasteiger partial charge is 0.0892 e. The summed E-state index contributed by atoms with van der Waals surface area (Å²) in [7, 11) is 1.69. The summed E-state index contributed by atoms with van der Waals surface area (Å²) < 4.78 is 8.08. The van der Waals surface area contributed by atoms with Crippen LogP contribution in [-0.2, 0) is 17.9 Å². The van der Waals surface area contributed by atoms with Crippen molar-refractivity contribution in [3.63, 3.8) is 0 Å². The third kappa shape index (κ3) is 1.69. The normalized spacial score (nSPS) is 10.7. The van der Waals surface area contributed by atoms with E-state index in [4.69, 9.17) is 4.74 Å². The highest BCUT2D eigenvalue weighted by Gasteiger charge is 2.10. The average molecular weight is 233 g/mol. The van der Waals surface area contributed by atoms with E-state index >= 15 is 0 Å². The van der Waals surface area contributed by atoms with Crippen LogP contribution in [0, 0.1) is 6.92 Å². The van der Waals surface area contributed by atoms with Crippen molar-refractivity contribution in [2.24, 2.45) is 0 Å². The first-order valence-electron chi connectivity index (χ1n) is 3.91. The maximum atomic E-state index is 5.07. The van der Waals surface area contributed by atoms with Gasteiger partial charge in [-0.3, -0.25) is 4.68 Å². The first kappa shape index (κ1) is 9.74. The molecule has 68 valence electrons. The molecule has 0 saturated carbocycles. The molecule has 0 N–H and O–H groups in total. The molecule has 3 nitrogen and oxygen atoms in total. The first-order chi connectivity index (χ1) is 5.70. The number of halogens is 1. The van der Waals surface area contributed by atoms with Crippen LogP contribution in [0.15, 0.2) is 4.47 Å². The SMILES string of the molecule is CCn1nc(C)c(Br)c1COC. The molecular formula is C8H13BrN2O. The summed E-state index contributed by atoms with van der Waals surface area (Å²) in [5.74, 6) is 0. The molecule has 1 heterocycles. The summed E-state index contributed by atoms with van der Waals surface area (Å²) >= 11 is 3.48. The Morgan fingerprint density at radius 2 is 2.25 bits per heavy atom. The molecule has 0 aliphatic heterocycles. The van der Waals surface area contributed by atoms with Gasteiger partial charge in [0.15, 0.2) is 0 Å². The molecule has 12 heavy (non-hydrogen) atoms. The molecule has 0 bridgehead atoms. The second-order valence-corrected chi connectivity index (χ2v) is 3.39. The van der Waals surface area contributed by atoms with Crippen LogP contribution in [0.5, 0.6) is 0 Å². The van der Waals surface area contributed by atoms with Gasteiger partial charge in [0.25, 0.3) is 0 Å². The van der Waals surface area contributed by atoms with Crippen LogP contribution in [-0.4, -0.2) is 16.9 Å². The molecule has 0 fully saturated rings. The highest BCUT2D eigenvalue weighted by Crippen LogP contribution is 2.21. The summed E-state index contributed by atoms with van der Waals surface area (Å²) in [6.45, 7) is 5.54. The molecule has 0 aromatic carbocycles. The number of rotatable bonds is 3. The number of ether oxygens (including phenoxy) is 1. The second kappa shape index (κ2) is 4.05. The van der Waals surface area contributed by atoms with Crippen LogP contribution in [0.3, 0.4) is 0 Å².